The minimum atomic E-state index is -3.81. The second kappa shape index (κ2) is 6.04. The highest BCUT2D eigenvalue weighted by molar-refractivity contribution is 7.89. The van der Waals surface area contributed by atoms with E-state index in [1.54, 1.807) is 0 Å². The van der Waals surface area contributed by atoms with Crippen LogP contribution >= 0.6 is 0 Å². The van der Waals surface area contributed by atoms with Crippen molar-refractivity contribution in [3.05, 3.63) is 24.3 Å². The smallest absolute Gasteiger partial charge is 0.225 e. The van der Waals surface area contributed by atoms with E-state index in [0.29, 0.717) is 18.4 Å². The highest BCUT2D eigenvalue weighted by atomic mass is 32.2. The Labute approximate surface area is 125 Å². The van der Waals surface area contributed by atoms with Crippen LogP contribution in [0.25, 0.3) is 0 Å². The normalized spacial score (nSPS) is 23.3. The number of nitrogens with one attached hydrogen (secondary N) is 1. The Kier molecular flexibility index (Phi) is 4.72. The van der Waals surface area contributed by atoms with E-state index in [1.807, 2.05) is 0 Å². The molecule has 0 heterocycles. The van der Waals surface area contributed by atoms with Gasteiger partial charge in [0.1, 0.15) is 0 Å². The zero-order valence-electron chi connectivity index (χ0n) is 11.8. The molecule has 2 atom stereocenters. The van der Waals surface area contributed by atoms with Crippen molar-refractivity contribution < 1.29 is 16.8 Å². The van der Waals surface area contributed by atoms with E-state index in [2.05, 4.69) is 11.6 Å². The third-order valence-electron chi connectivity index (χ3n) is 3.83. The van der Waals surface area contributed by atoms with Crippen LogP contribution in [0.5, 0.6) is 0 Å². The fourth-order valence-electron chi connectivity index (χ4n) is 2.63. The average molecular weight is 332 g/mol. The second-order valence-electron chi connectivity index (χ2n) is 5.65. The minimum absolute atomic E-state index is 0.0425. The Balaban J connectivity index is 2.05. The molecule has 2 unspecified atom stereocenters. The van der Waals surface area contributed by atoms with Gasteiger partial charge in [0.15, 0.2) is 0 Å². The monoisotopic (exact) mass is 332 g/mol. The van der Waals surface area contributed by atoms with E-state index in [9.17, 15) is 16.8 Å². The number of primary sulfonamides is 1. The van der Waals surface area contributed by atoms with Crippen LogP contribution in [0.15, 0.2) is 34.1 Å². The molecular formula is C13H20N2O4S2. The van der Waals surface area contributed by atoms with Crippen LogP contribution in [0, 0.1) is 11.8 Å². The summed E-state index contributed by atoms with van der Waals surface area (Å²) in [4.78, 5) is -0.0630. The molecule has 0 aromatic heterocycles. The molecule has 0 aliphatic heterocycles. The van der Waals surface area contributed by atoms with Crippen LogP contribution in [0.4, 0.5) is 0 Å². The molecule has 1 aromatic rings. The lowest BCUT2D eigenvalue weighted by Gasteiger charge is -2.12. The summed E-state index contributed by atoms with van der Waals surface area (Å²) in [5.41, 5.74) is 0. The molecule has 0 radical (unpaired) electrons. The SMILES string of the molecule is CC1CCC(CNS(=O)(=O)c2ccc(S(N)(=O)=O)cc2)C1. The minimum Gasteiger partial charge on any atom is -0.225 e. The van der Waals surface area contributed by atoms with Gasteiger partial charge in [0.2, 0.25) is 20.0 Å². The molecule has 1 fully saturated rings. The van der Waals surface area contributed by atoms with Crippen molar-refractivity contribution in [2.75, 3.05) is 6.54 Å². The van der Waals surface area contributed by atoms with E-state index in [1.165, 1.54) is 24.3 Å². The quantitative estimate of drug-likeness (QED) is 0.840. The largest absolute Gasteiger partial charge is 0.240 e. The van der Waals surface area contributed by atoms with Crippen molar-refractivity contribution in [1.29, 1.82) is 0 Å². The molecule has 0 amide bonds. The lowest BCUT2D eigenvalue weighted by Crippen LogP contribution is -2.28. The molecule has 6 nitrogen and oxygen atoms in total. The first kappa shape index (κ1) is 16.4. The molecule has 0 bridgehead atoms. The van der Waals surface area contributed by atoms with Gasteiger partial charge in [0.05, 0.1) is 9.79 Å². The third kappa shape index (κ3) is 4.26. The van der Waals surface area contributed by atoms with Gasteiger partial charge in [-0.1, -0.05) is 13.3 Å². The van der Waals surface area contributed by atoms with E-state index in [0.717, 1.165) is 19.3 Å². The summed E-state index contributed by atoms with van der Waals surface area (Å²) in [5, 5.41) is 4.98. The standard InChI is InChI=1S/C13H20N2O4S2/c1-10-2-3-11(8-10)9-15-21(18,19)13-6-4-12(5-7-13)20(14,16)17/h4-7,10-11,15H,2-3,8-9H2,1H3,(H2,14,16,17). The lowest BCUT2D eigenvalue weighted by molar-refractivity contribution is 0.498. The molecule has 2 rings (SSSR count). The summed E-state index contributed by atoms with van der Waals surface area (Å²) in [6.45, 7) is 2.59. The number of rotatable bonds is 5. The number of nitrogens with two attached hydrogens (primary N) is 1. The van der Waals surface area contributed by atoms with Gasteiger partial charge in [-0.2, -0.15) is 0 Å². The molecule has 1 aliphatic rings. The van der Waals surface area contributed by atoms with Gasteiger partial charge in [-0.3, -0.25) is 0 Å². The van der Waals surface area contributed by atoms with Gasteiger partial charge < -0.3 is 0 Å². The summed E-state index contributed by atoms with van der Waals surface area (Å²) < 4.78 is 49.1. The highest BCUT2D eigenvalue weighted by Gasteiger charge is 2.23. The molecule has 1 saturated carbocycles. The van der Waals surface area contributed by atoms with Crippen LogP contribution in [0.2, 0.25) is 0 Å². The van der Waals surface area contributed by atoms with Gasteiger partial charge in [-0.15, -0.1) is 0 Å². The zero-order valence-corrected chi connectivity index (χ0v) is 13.5. The van der Waals surface area contributed by atoms with Crippen molar-refractivity contribution in [1.82, 2.24) is 4.72 Å². The highest BCUT2D eigenvalue weighted by Crippen LogP contribution is 2.29. The first-order valence-corrected chi connectivity index (χ1v) is 9.84. The number of hydrogen-bond donors (Lipinski definition) is 2. The molecule has 1 aromatic carbocycles. The molecule has 0 saturated heterocycles. The van der Waals surface area contributed by atoms with E-state index in [4.69, 9.17) is 5.14 Å². The van der Waals surface area contributed by atoms with Gasteiger partial charge in [-0.25, -0.2) is 26.7 Å². The van der Waals surface area contributed by atoms with Crippen molar-refractivity contribution in [3.63, 3.8) is 0 Å². The van der Waals surface area contributed by atoms with Gasteiger partial charge >= 0.3 is 0 Å². The fourth-order valence-corrected chi connectivity index (χ4v) is 4.26. The lowest BCUT2D eigenvalue weighted by atomic mass is 10.1. The van der Waals surface area contributed by atoms with Crippen LogP contribution < -0.4 is 9.86 Å². The Morgan fingerprint density at radius 2 is 1.67 bits per heavy atom. The Morgan fingerprint density at radius 3 is 2.14 bits per heavy atom. The van der Waals surface area contributed by atoms with Crippen LogP contribution in [0.1, 0.15) is 26.2 Å². The van der Waals surface area contributed by atoms with E-state index in [-0.39, 0.29) is 9.79 Å². The predicted octanol–water partition coefficient (Wildman–Crippen LogP) is 1.05. The Hall–Kier alpha value is -0.960. The average Bonchev–Trinajstić information content (AvgIpc) is 2.82. The summed E-state index contributed by atoms with van der Waals surface area (Å²) in [6, 6.07) is 4.89. The summed E-state index contributed by atoms with van der Waals surface area (Å²) in [7, 11) is -7.42. The first-order valence-electron chi connectivity index (χ1n) is 6.81. The summed E-state index contributed by atoms with van der Waals surface area (Å²) >= 11 is 0. The van der Waals surface area contributed by atoms with Crippen LogP contribution in [0.3, 0.4) is 0 Å². The number of sulfonamides is 2. The van der Waals surface area contributed by atoms with Crippen molar-refractivity contribution in [2.24, 2.45) is 17.0 Å². The first-order chi connectivity index (χ1) is 9.68. The maximum atomic E-state index is 12.1. The molecule has 8 heteroatoms. The Morgan fingerprint density at radius 1 is 1.10 bits per heavy atom. The Bertz CT molecular complexity index is 696. The molecule has 1 aliphatic carbocycles. The molecule has 118 valence electrons. The second-order valence-corrected chi connectivity index (χ2v) is 8.98. The van der Waals surface area contributed by atoms with Gasteiger partial charge in [-0.05, 0) is 48.9 Å². The van der Waals surface area contributed by atoms with E-state index < -0.39 is 20.0 Å². The molecule has 21 heavy (non-hydrogen) atoms. The number of hydrogen-bond acceptors (Lipinski definition) is 4. The third-order valence-corrected chi connectivity index (χ3v) is 6.20. The summed E-state index contributed by atoms with van der Waals surface area (Å²) in [5.74, 6) is 1.02. The summed E-state index contributed by atoms with van der Waals surface area (Å²) in [6.07, 6.45) is 3.20. The van der Waals surface area contributed by atoms with Crippen LogP contribution in [-0.2, 0) is 20.0 Å². The van der Waals surface area contributed by atoms with E-state index >= 15 is 0 Å². The fraction of sp³-hybridized carbons (Fsp3) is 0.538. The van der Waals surface area contributed by atoms with Crippen LogP contribution in [-0.4, -0.2) is 23.4 Å². The molecule has 0 spiro atoms. The molecule has 3 N–H and O–H groups in total. The topological polar surface area (TPSA) is 106 Å². The maximum Gasteiger partial charge on any atom is 0.240 e. The van der Waals surface area contributed by atoms with Crippen molar-refractivity contribution in [2.45, 2.75) is 36.0 Å². The van der Waals surface area contributed by atoms with Gasteiger partial charge in [0.25, 0.3) is 0 Å². The maximum absolute atomic E-state index is 12.1. The molecular weight excluding hydrogens is 312 g/mol. The van der Waals surface area contributed by atoms with Crippen molar-refractivity contribution >= 4 is 20.0 Å². The predicted molar refractivity (Wildman–Crippen MR) is 79.5 cm³/mol. The van der Waals surface area contributed by atoms with Gasteiger partial charge in [0, 0.05) is 6.54 Å². The van der Waals surface area contributed by atoms with Crippen molar-refractivity contribution in [3.8, 4) is 0 Å². The number of benzene rings is 1. The zero-order chi connectivity index (χ0) is 15.7.